The van der Waals surface area contributed by atoms with Gasteiger partial charge in [-0.15, -0.1) is 0 Å². The molecule has 0 aromatic carbocycles. The van der Waals surface area contributed by atoms with Gasteiger partial charge in [0.1, 0.15) is 5.37 Å². The summed E-state index contributed by atoms with van der Waals surface area (Å²) in [7, 11) is 0. The van der Waals surface area contributed by atoms with Gasteiger partial charge in [0, 0.05) is 6.54 Å². The molecule has 6 fully saturated rings. The van der Waals surface area contributed by atoms with Gasteiger partial charge in [-0.25, -0.2) is 0 Å². The van der Waals surface area contributed by atoms with Gasteiger partial charge in [-0.05, 0) is 56.3 Å². The smallest absolute Gasteiger partial charge is 0.236 e. The number of amides is 2. The van der Waals surface area contributed by atoms with Crippen LogP contribution >= 0.6 is 11.8 Å². The molecule has 0 aromatic heterocycles. The van der Waals surface area contributed by atoms with Crippen molar-refractivity contribution in [1.82, 2.24) is 9.91 Å². The Labute approximate surface area is 139 Å². The first-order valence-electron chi connectivity index (χ1n) is 8.97. The normalized spacial score (nSPS) is 52.7. The molecular weight excluding hydrogens is 310 g/mol. The fraction of sp³-hybridized carbons (Fsp3) is 0.824. The molecule has 0 unspecified atom stereocenters. The van der Waals surface area contributed by atoms with Gasteiger partial charge in [0.25, 0.3) is 0 Å². The van der Waals surface area contributed by atoms with Crippen molar-refractivity contribution < 1.29 is 9.59 Å². The summed E-state index contributed by atoms with van der Waals surface area (Å²) in [6.07, 6.45) is 7.24. The minimum absolute atomic E-state index is 0.0652. The van der Waals surface area contributed by atoms with Crippen LogP contribution in [-0.4, -0.2) is 44.7 Å². The summed E-state index contributed by atoms with van der Waals surface area (Å²) in [5.41, 5.74) is 1.70. The van der Waals surface area contributed by atoms with Crippen LogP contribution in [-0.2, 0) is 9.59 Å². The number of imide groups is 1. The van der Waals surface area contributed by atoms with Gasteiger partial charge in [-0.3, -0.25) is 19.5 Å². The lowest BCUT2D eigenvalue weighted by Crippen LogP contribution is -2.62. The Bertz CT molecular complexity index is 612. The third-order valence-corrected chi connectivity index (χ3v) is 8.37. The van der Waals surface area contributed by atoms with E-state index in [2.05, 4.69) is 5.10 Å². The Hall–Kier alpha value is -1.04. The lowest BCUT2D eigenvalue weighted by Gasteiger charge is -2.59. The largest absolute Gasteiger partial charge is 0.281 e. The van der Waals surface area contributed by atoms with Crippen molar-refractivity contribution >= 4 is 29.1 Å². The van der Waals surface area contributed by atoms with E-state index < -0.39 is 0 Å². The third kappa shape index (κ3) is 1.54. The number of fused-ring (bicyclic) bond motifs is 3. The zero-order valence-electron chi connectivity index (χ0n) is 13.1. The molecule has 7 aliphatic rings. The van der Waals surface area contributed by atoms with Crippen molar-refractivity contribution in [2.24, 2.45) is 34.7 Å². The van der Waals surface area contributed by atoms with E-state index >= 15 is 0 Å². The van der Waals surface area contributed by atoms with E-state index in [-0.39, 0.29) is 34.6 Å². The Balaban J connectivity index is 1.38. The van der Waals surface area contributed by atoms with Gasteiger partial charge in [0.05, 0.1) is 22.9 Å². The second kappa shape index (κ2) is 4.13. The van der Waals surface area contributed by atoms with Crippen LogP contribution in [0.5, 0.6) is 0 Å². The molecule has 23 heavy (non-hydrogen) atoms. The average molecular weight is 331 g/mol. The Morgan fingerprint density at radius 2 is 1.70 bits per heavy atom. The van der Waals surface area contributed by atoms with Crippen LogP contribution in [0.3, 0.4) is 0 Å². The van der Waals surface area contributed by atoms with Crippen LogP contribution in [0.15, 0.2) is 5.10 Å². The summed E-state index contributed by atoms with van der Waals surface area (Å²) >= 11 is 1.61. The molecular formula is C17H21N3O2S. The molecule has 122 valence electrons. The standard InChI is InChI=1S/C17H21N3O2S/c21-14-12-7-19-16(23-8-18-19)13(12)15(22)20(14)17-4-9-1-10(5-17)3-11(2-9)6-17/h8-13,16H,1-7H2/t9?,10?,11?,12-,13+,16-,17?/m0/s1. The number of hydrazone groups is 1. The van der Waals surface area contributed by atoms with Gasteiger partial charge in [0.2, 0.25) is 11.8 Å². The predicted molar refractivity (Wildman–Crippen MR) is 86.3 cm³/mol. The van der Waals surface area contributed by atoms with E-state index in [1.165, 1.54) is 19.3 Å². The first-order valence-corrected chi connectivity index (χ1v) is 9.91. The SMILES string of the molecule is O=C1[C@H]2[C@H](CN3N=CS[C@@H]23)C(=O)N1C12CC3CC(CC(C3)C1)C2. The van der Waals surface area contributed by atoms with Crippen molar-refractivity contribution in [2.45, 2.75) is 49.4 Å². The molecule has 0 spiro atoms. The topological polar surface area (TPSA) is 53.0 Å². The molecule has 3 aliphatic heterocycles. The highest BCUT2D eigenvalue weighted by Crippen LogP contribution is 2.60. The molecule has 4 aliphatic carbocycles. The first-order chi connectivity index (χ1) is 11.1. The number of nitrogens with zero attached hydrogens (tertiary/aromatic N) is 3. The summed E-state index contributed by atoms with van der Waals surface area (Å²) < 4.78 is 0. The highest BCUT2D eigenvalue weighted by molar-refractivity contribution is 8.12. The minimum atomic E-state index is -0.164. The number of thioether (sulfide) groups is 1. The van der Waals surface area contributed by atoms with Crippen LogP contribution < -0.4 is 0 Å². The molecule has 2 saturated heterocycles. The van der Waals surface area contributed by atoms with E-state index in [0.29, 0.717) is 6.54 Å². The fourth-order valence-corrected chi connectivity index (χ4v) is 8.03. The zero-order chi connectivity index (χ0) is 15.3. The van der Waals surface area contributed by atoms with Crippen LogP contribution in [0.25, 0.3) is 0 Å². The molecule has 7 rings (SSSR count). The molecule has 0 N–H and O–H groups in total. The number of hydrogen-bond acceptors (Lipinski definition) is 5. The van der Waals surface area contributed by atoms with E-state index in [1.807, 2.05) is 10.6 Å². The van der Waals surface area contributed by atoms with Crippen molar-refractivity contribution in [3.63, 3.8) is 0 Å². The Morgan fingerprint density at radius 1 is 1.04 bits per heavy atom. The fourth-order valence-electron chi connectivity index (χ4n) is 6.98. The van der Waals surface area contributed by atoms with Crippen LogP contribution in [0.2, 0.25) is 0 Å². The van der Waals surface area contributed by atoms with Crippen LogP contribution in [0.1, 0.15) is 38.5 Å². The summed E-state index contributed by atoms with van der Waals surface area (Å²) in [6.45, 7) is 0.631. The first kappa shape index (κ1) is 13.3. The van der Waals surface area contributed by atoms with E-state index in [9.17, 15) is 9.59 Å². The Morgan fingerprint density at radius 3 is 2.35 bits per heavy atom. The molecule has 5 nitrogen and oxygen atoms in total. The average Bonchev–Trinajstić information content (AvgIpc) is 3.10. The molecule has 0 aromatic rings. The molecule has 2 amide bonds. The quantitative estimate of drug-likeness (QED) is 0.689. The van der Waals surface area contributed by atoms with Crippen molar-refractivity contribution in [3.8, 4) is 0 Å². The minimum Gasteiger partial charge on any atom is -0.281 e. The number of rotatable bonds is 1. The maximum Gasteiger partial charge on any atom is 0.236 e. The zero-order valence-corrected chi connectivity index (χ0v) is 13.9. The monoisotopic (exact) mass is 331 g/mol. The van der Waals surface area contributed by atoms with Gasteiger partial charge in [-0.1, -0.05) is 11.8 Å². The molecule has 3 atom stereocenters. The van der Waals surface area contributed by atoms with Crippen molar-refractivity contribution in [1.29, 1.82) is 0 Å². The lowest BCUT2D eigenvalue weighted by atomic mass is 9.52. The molecule has 3 heterocycles. The summed E-state index contributed by atoms with van der Waals surface area (Å²) in [5.74, 6) is 2.18. The maximum absolute atomic E-state index is 13.3. The number of carbonyl (C=O) groups is 2. The van der Waals surface area contributed by atoms with Crippen molar-refractivity contribution in [2.75, 3.05) is 6.54 Å². The third-order valence-electron chi connectivity index (χ3n) is 7.34. The van der Waals surface area contributed by atoms with Gasteiger partial charge in [0.15, 0.2) is 0 Å². The Kier molecular flexibility index (Phi) is 2.38. The van der Waals surface area contributed by atoms with E-state index in [0.717, 1.165) is 37.0 Å². The number of likely N-dealkylation sites (tertiary alicyclic amines) is 1. The second-order valence-electron chi connectivity index (χ2n) is 8.66. The van der Waals surface area contributed by atoms with E-state index in [4.69, 9.17) is 0 Å². The van der Waals surface area contributed by atoms with Gasteiger partial charge in [-0.2, -0.15) is 5.10 Å². The number of hydrogen-bond donors (Lipinski definition) is 0. The maximum atomic E-state index is 13.3. The highest BCUT2D eigenvalue weighted by atomic mass is 32.2. The number of carbonyl (C=O) groups excluding carboxylic acids is 2. The molecule has 4 bridgehead atoms. The molecule has 4 saturated carbocycles. The molecule has 0 radical (unpaired) electrons. The van der Waals surface area contributed by atoms with Gasteiger partial charge >= 0.3 is 0 Å². The highest BCUT2D eigenvalue weighted by Gasteiger charge is 2.65. The summed E-state index contributed by atoms with van der Waals surface area (Å²) in [5, 5.41) is 6.33. The predicted octanol–water partition coefficient (Wildman–Crippen LogP) is 1.89. The molecule has 6 heteroatoms. The second-order valence-corrected chi connectivity index (χ2v) is 9.62. The van der Waals surface area contributed by atoms with Crippen LogP contribution in [0, 0.1) is 29.6 Å². The van der Waals surface area contributed by atoms with Crippen molar-refractivity contribution in [3.05, 3.63) is 0 Å². The summed E-state index contributed by atoms with van der Waals surface area (Å²) in [6, 6.07) is 0. The van der Waals surface area contributed by atoms with E-state index in [1.54, 1.807) is 16.7 Å². The lowest BCUT2D eigenvalue weighted by molar-refractivity contribution is -0.160. The van der Waals surface area contributed by atoms with Gasteiger partial charge < -0.3 is 0 Å². The van der Waals surface area contributed by atoms with Crippen LogP contribution in [0.4, 0.5) is 0 Å². The summed E-state index contributed by atoms with van der Waals surface area (Å²) in [4.78, 5) is 28.2.